The molecule has 1 aromatic rings. The predicted octanol–water partition coefficient (Wildman–Crippen LogP) is 2.79. The van der Waals surface area contributed by atoms with Gasteiger partial charge in [0.15, 0.2) is 0 Å². The zero-order valence-electron chi connectivity index (χ0n) is 8.14. The highest BCUT2D eigenvalue weighted by molar-refractivity contribution is 6.30. The number of alkyl halides is 1. The molecule has 0 spiro atoms. The lowest BCUT2D eigenvalue weighted by Crippen LogP contribution is -2.29. The van der Waals surface area contributed by atoms with E-state index in [9.17, 15) is 9.18 Å². The van der Waals surface area contributed by atoms with E-state index in [0.717, 1.165) is 6.07 Å². The van der Waals surface area contributed by atoms with E-state index in [1.807, 2.05) is 0 Å². The van der Waals surface area contributed by atoms with Crippen molar-refractivity contribution in [3.63, 3.8) is 0 Å². The maximum Gasteiger partial charge on any atom is 0.256 e. The summed E-state index contributed by atoms with van der Waals surface area (Å²) in [6.45, 7) is 0.377. The number of rotatable bonds is 3. The first-order valence-corrected chi connectivity index (χ1v) is 5.24. The van der Waals surface area contributed by atoms with Gasteiger partial charge in [-0.3, -0.25) is 4.79 Å². The van der Waals surface area contributed by atoms with Gasteiger partial charge in [-0.25, -0.2) is 4.39 Å². The van der Waals surface area contributed by atoms with Crippen LogP contribution in [0.4, 0.5) is 4.39 Å². The molecule has 0 unspecified atom stereocenters. The lowest BCUT2D eigenvalue weighted by atomic mass is 10.2. The topological polar surface area (TPSA) is 20.3 Å². The highest BCUT2D eigenvalue weighted by Crippen LogP contribution is 2.15. The quantitative estimate of drug-likeness (QED) is 0.755. The van der Waals surface area contributed by atoms with Crippen LogP contribution in [0.5, 0.6) is 0 Å². The molecule has 0 heterocycles. The second-order valence-electron chi connectivity index (χ2n) is 3.04. The Hall–Kier alpha value is -0.800. The van der Waals surface area contributed by atoms with Gasteiger partial charge in [-0.1, -0.05) is 11.6 Å². The van der Waals surface area contributed by atoms with E-state index in [-0.39, 0.29) is 10.6 Å². The van der Waals surface area contributed by atoms with Crippen molar-refractivity contribution in [1.82, 2.24) is 4.90 Å². The highest BCUT2D eigenvalue weighted by atomic mass is 35.5. The first-order valence-electron chi connectivity index (χ1n) is 4.32. The number of nitrogens with zero attached hydrogens (tertiary/aromatic N) is 1. The lowest BCUT2D eigenvalue weighted by molar-refractivity contribution is 0.0798. The molecule has 1 rings (SSSR count). The fraction of sp³-hybridized carbons (Fsp3) is 0.300. The summed E-state index contributed by atoms with van der Waals surface area (Å²) in [5, 5.41) is 0.268. The first kappa shape index (κ1) is 12.3. The van der Waals surface area contributed by atoms with Crippen molar-refractivity contribution >= 4 is 29.1 Å². The van der Waals surface area contributed by atoms with Crippen molar-refractivity contribution in [3.8, 4) is 0 Å². The van der Waals surface area contributed by atoms with Gasteiger partial charge in [-0.15, -0.1) is 11.6 Å². The van der Waals surface area contributed by atoms with Crippen molar-refractivity contribution in [2.75, 3.05) is 19.5 Å². The number of carbonyl (C=O) groups excluding carboxylic acids is 1. The molecule has 82 valence electrons. The van der Waals surface area contributed by atoms with Gasteiger partial charge in [-0.2, -0.15) is 0 Å². The van der Waals surface area contributed by atoms with Crippen LogP contribution in [0.2, 0.25) is 5.02 Å². The minimum atomic E-state index is -0.617. The summed E-state index contributed by atoms with van der Waals surface area (Å²) in [5.74, 6) is -0.698. The number of amides is 1. The van der Waals surface area contributed by atoms with Gasteiger partial charge in [0.2, 0.25) is 0 Å². The van der Waals surface area contributed by atoms with Crippen LogP contribution < -0.4 is 0 Å². The van der Waals surface area contributed by atoms with Crippen LogP contribution in [0, 0.1) is 5.82 Å². The van der Waals surface area contributed by atoms with Crippen molar-refractivity contribution in [1.29, 1.82) is 0 Å². The largest absolute Gasteiger partial charge is 0.340 e. The van der Waals surface area contributed by atoms with Gasteiger partial charge >= 0.3 is 0 Å². The molecule has 0 N–H and O–H groups in total. The lowest BCUT2D eigenvalue weighted by Gasteiger charge is -2.15. The zero-order chi connectivity index (χ0) is 11.4. The van der Waals surface area contributed by atoms with Crippen LogP contribution >= 0.6 is 23.2 Å². The molecule has 1 amide bonds. The number of carbonyl (C=O) groups is 1. The van der Waals surface area contributed by atoms with E-state index in [1.165, 1.54) is 17.0 Å². The molecule has 0 aliphatic rings. The molecule has 0 atom stereocenters. The van der Waals surface area contributed by atoms with Crippen molar-refractivity contribution in [2.24, 2.45) is 0 Å². The molecule has 0 radical (unpaired) electrons. The van der Waals surface area contributed by atoms with Crippen LogP contribution in [-0.4, -0.2) is 30.3 Å². The monoisotopic (exact) mass is 249 g/mol. The van der Waals surface area contributed by atoms with Gasteiger partial charge in [-0.05, 0) is 18.2 Å². The van der Waals surface area contributed by atoms with Crippen LogP contribution in [0.3, 0.4) is 0 Å². The van der Waals surface area contributed by atoms with E-state index < -0.39 is 11.7 Å². The Morgan fingerprint density at radius 3 is 2.73 bits per heavy atom. The number of hydrogen-bond acceptors (Lipinski definition) is 1. The maximum atomic E-state index is 13.3. The van der Waals surface area contributed by atoms with Crippen LogP contribution in [0.1, 0.15) is 10.4 Å². The van der Waals surface area contributed by atoms with Gasteiger partial charge in [0.05, 0.1) is 5.56 Å². The number of benzene rings is 1. The minimum Gasteiger partial charge on any atom is -0.340 e. The second kappa shape index (κ2) is 5.33. The summed E-state index contributed by atoms with van der Waals surface area (Å²) in [7, 11) is 1.57. The van der Waals surface area contributed by atoms with Crippen LogP contribution in [0.25, 0.3) is 0 Å². The molecular weight excluding hydrogens is 240 g/mol. The molecule has 0 aromatic heterocycles. The molecule has 2 nitrogen and oxygen atoms in total. The van der Waals surface area contributed by atoms with Gasteiger partial charge < -0.3 is 4.90 Å². The third-order valence-corrected chi connectivity index (χ3v) is 2.33. The smallest absolute Gasteiger partial charge is 0.256 e. The Balaban J connectivity index is 2.91. The summed E-state index contributed by atoms with van der Waals surface area (Å²) in [4.78, 5) is 13.0. The Morgan fingerprint density at radius 2 is 2.20 bits per heavy atom. The van der Waals surface area contributed by atoms with Crippen molar-refractivity contribution in [2.45, 2.75) is 0 Å². The van der Waals surface area contributed by atoms with E-state index >= 15 is 0 Å². The SMILES string of the molecule is CN(CCCl)C(=O)c1ccc(Cl)cc1F. The molecule has 0 aliphatic heterocycles. The Bertz CT molecular complexity index is 370. The van der Waals surface area contributed by atoms with E-state index in [0.29, 0.717) is 12.4 Å². The number of halogens is 3. The Kier molecular flexibility index (Phi) is 4.36. The second-order valence-corrected chi connectivity index (χ2v) is 3.85. The summed E-state index contributed by atoms with van der Waals surface area (Å²) in [6.07, 6.45) is 0. The summed E-state index contributed by atoms with van der Waals surface area (Å²) in [6, 6.07) is 3.96. The third kappa shape index (κ3) is 3.08. The van der Waals surface area contributed by atoms with Gasteiger partial charge in [0, 0.05) is 24.5 Å². The van der Waals surface area contributed by atoms with Crippen LogP contribution in [-0.2, 0) is 0 Å². The van der Waals surface area contributed by atoms with E-state index in [4.69, 9.17) is 23.2 Å². The average molecular weight is 250 g/mol. The molecule has 0 saturated carbocycles. The standard InChI is InChI=1S/C10H10Cl2FNO/c1-14(5-4-11)10(15)8-3-2-7(12)6-9(8)13/h2-3,6H,4-5H2,1H3. The average Bonchev–Trinajstić information content (AvgIpc) is 2.17. The highest BCUT2D eigenvalue weighted by Gasteiger charge is 2.15. The predicted molar refractivity (Wildman–Crippen MR) is 59.1 cm³/mol. The van der Waals surface area contributed by atoms with Crippen molar-refractivity contribution < 1.29 is 9.18 Å². The van der Waals surface area contributed by atoms with Gasteiger partial charge in [0.25, 0.3) is 5.91 Å². The maximum absolute atomic E-state index is 13.3. The van der Waals surface area contributed by atoms with Crippen LogP contribution in [0.15, 0.2) is 18.2 Å². The molecule has 0 saturated heterocycles. The number of hydrogen-bond donors (Lipinski definition) is 0. The molecule has 5 heteroatoms. The molecule has 0 aliphatic carbocycles. The summed E-state index contributed by atoms with van der Waals surface area (Å²) >= 11 is 11.1. The zero-order valence-corrected chi connectivity index (χ0v) is 9.65. The summed E-state index contributed by atoms with van der Waals surface area (Å²) < 4.78 is 13.3. The fourth-order valence-corrected chi connectivity index (χ4v) is 1.51. The molecule has 1 aromatic carbocycles. The third-order valence-electron chi connectivity index (χ3n) is 1.93. The normalized spacial score (nSPS) is 10.1. The minimum absolute atomic E-state index is 0.00650. The Labute approximate surface area is 97.6 Å². The fourth-order valence-electron chi connectivity index (χ4n) is 1.10. The molecule has 0 fully saturated rings. The van der Waals surface area contributed by atoms with E-state index in [1.54, 1.807) is 7.05 Å². The molecule has 15 heavy (non-hydrogen) atoms. The van der Waals surface area contributed by atoms with Gasteiger partial charge in [0.1, 0.15) is 5.82 Å². The first-order chi connectivity index (χ1) is 7.06. The molecule has 0 bridgehead atoms. The summed E-state index contributed by atoms with van der Waals surface area (Å²) in [5.41, 5.74) is 0.00650. The van der Waals surface area contributed by atoms with E-state index in [2.05, 4.69) is 0 Å². The Morgan fingerprint density at radius 1 is 1.53 bits per heavy atom. The van der Waals surface area contributed by atoms with Crippen molar-refractivity contribution in [3.05, 3.63) is 34.6 Å². The molecular formula is C10H10Cl2FNO.